The highest BCUT2D eigenvalue weighted by Crippen LogP contribution is 2.18. The van der Waals surface area contributed by atoms with Crippen molar-refractivity contribution >= 4 is 17.7 Å². The molecule has 114 valence electrons. The number of thioether (sulfide) groups is 1. The van der Waals surface area contributed by atoms with E-state index in [9.17, 15) is 4.79 Å². The zero-order valence-corrected chi connectivity index (χ0v) is 13.6. The quantitative estimate of drug-likeness (QED) is 0.711. The molecule has 0 aliphatic carbocycles. The van der Waals surface area contributed by atoms with E-state index in [1.807, 2.05) is 18.4 Å². The van der Waals surface area contributed by atoms with Gasteiger partial charge in [0, 0.05) is 12.1 Å². The van der Waals surface area contributed by atoms with Crippen molar-refractivity contribution in [2.24, 2.45) is 5.73 Å². The van der Waals surface area contributed by atoms with Gasteiger partial charge in [0.1, 0.15) is 5.82 Å². The van der Waals surface area contributed by atoms with E-state index < -0.39 is 0 Å². The molecule has 0 atom stereocenters. The van der Waals surface area contributed by atoms with Crippen molar-refractivity contribution in [3.8, 4) is 0 Å². The van der Waals surface area contributed by atoms with Gasteiger partial charge in [-0.25, -0.2) is 0 Å². The summed E-state index contributed by atoms with van der Waals surface area (Å²) in [4.78, 5) is 11.9. The molecule has 7 heteroatoms. The maximum atomic E-state index is 11.9. The number of nitrogens with one attached hydrogen (secondary N) is 1. The Balaban J connectivity index is 2.61. The highest BCUT2D eigenvalue weighted by atomic mass is 32.2. The van der Waals surface area contributed by atoms with Crippen LogP contribution in [0.4, 0.5) is 0 Å². The molecule has 1 amide bonds. The van der Waals surface area contributed by atoms with Crippen LogP contribution in [-0.4, -0.2) is 32.0 Å². The Kier molecular flexibility index (Phi) is 6.48. The van der Waals surface area contributed by atoms with Gasteiger partial charge in [-0.1, -0.05) is 25.6 Å². The zero-order valence-electron chi connectivity index (χ0n) is 12.8. The second kappa shape index (κ2) is 7.64. The molecule has 0 aliphatic rings. The van der Waals surface area contributed by atoms with Gasteiger partial charge in [0.05, 0.1) is 12.3 Å². The molecule has 0 unspecified atom stereocenters. The number of nitrogens with two attached hydrogens (primary N) is 1. The van der Waals surface area contributed by atoms with Gasteiger partial charge in [-0.2, -0.15) is 0 Å². The number of amides is 1. The van der Waals surface area contributed by atoms with E-state index in [1.165, 1.54) is 11.8 Å². The number of aromatic nitrogens is 3. The zero-order chi connectivity index (χ0) is 15.2. The summed E-state index contributed by atoms with van der Waals surface area (Å²) in [6, 6.07) is 0. The van der Waals surface area contributed by atoms with Crippen molar-refractivity contribution in [2.75, 3.05) is 5.75 Å². The predicted octanol–water partition coefficient (Wildman–Crippen LogP) is 1.54. The van der Waals surface area contributed by atoms with E-state index >= 15 is 0 Å². The summed E-state index contributed by atoms with van der Waals surface area (Å²) >= 11 is 1.40. The molecule has 3 N–H and O–H groups in total. The number of nitrogens with zero attached hydrogens (tertiary/aromatic N) is 3. The van der Waals surface area contributed by atoms with Crippen molar-refractivity contribution in [3.05, 3.63) is 5.82 Å². The van der Waals surface area contributed by atoms with Crippen LogP contribution in [0.25, 0.3) is 0 Å². The average Bonchev–Trinajstić information content (AvgIpc) is 2.79. The molecular formula is C13H25N5OS. The Morgan fingerprint density at radius 2 is 2.10 bits per heavy atom. The molecule has 0 spiro atoms. The van der Waals surface area contributed by atoms with Gasteiger partial charge >= 0.3 is 0 Å². The summed E-state index contributed by atoms with van der Waals surface area (Å²) in [5.41, 5.74) is 5.47. The molecule has 20 heavy (non-hydrogen) atoms. The average molecular weight is 299 g/mol. The molecular weight excluding hydrogens is 274 g/mol. The van der Waals surface area contributed by atoms with E-state index in [-0.39, 0.29) is 11.4 Å². The van der Waals surface area contributed by atoms with Crippen LogP contribution < -0.4 is 11.1 Å². The van der Waals surface area contributed by atoms with E-state index in [2.05, 4.69) is 29.4 Å². The summed E-state index contributed by atoms with van der Waals surface area (Å²) in [5, 5.41) is 11.9. The Morgan fingerprint density at radius 1 is 1.40 bits per heavy atom. The summed E-state index contributed by atoms with van der Waals surface area (Å²) in [6.07, 6.45) is 1.88. The van der Waals surface area contributed by atoms with Crippen molar-refractivity contribution < 1.29 is 4.79 Å². The number of carbonyl (C=O) groups is 1. The van der Waals surface area contributed by atoms with E-state index in [0.717, 1.165) is 30.4 Å². The number of carbonyl (C=O) groups excluding carboxylic acids is 1. The second-order valence-corrected chi connectivity index (χ2v) is 6.27. The Labute approximate surface area is 124 Å². The molecule has 1 heterocycles. The van der Waals surface area contributed by atoms with Crippen LogP contribution in [0.2, 0.25) is 0 Å². The molecule has 1 rings (SSSR count). The normalized spacial score (nSPS) is 11.7. The molecule has 0 bridgehead atoms. The standard InChI is InChI=1S/C13H25N5OS/c1-5-7-18-10(8-14)16-17-12(18)20-9-11(19)15-13(3,4)6-2/h5-9,14H2,1-4H3,(H,15,19). The van der Waals surface area contributed by atoms with Gasteiger partial charge in [-0.3, -0.25) is 4.79 Å². The fraction of sp³-hybridized carbons (Fsp3) is 0.769. The lowest BCUT2D eigenvalue weighted by atomic mass is 10.0. The number of rotatable bonds is 8. The molecule has 0 aromatic carbocycles. The lowest BCUT2D eigenvalue weighted by Gasteiger charge is -2.24. The van der Waals surface area contributed by atoms with Crippen molar-refractivity contribution in [3.63, 3.8) is 0 Å². The molecule has 0 saturated carbocycles. The lowest BCUT2D eigenvalue weighted by Crippen LogP contribution is -2.43. The maximum absolute atomic E-state index is 11.9. The monoisotopic (exact) mass is 299 g/mol. The minimum Gasteiger partial charge on any atom is -0.351 e. The third-order valence-corrected chi connectivity index (χ3v) is 4.08. The van der Waals surface area contributed by atoms with E-state index in [1.54, 1.807) is 0 Å². The van der Waals surface area contributed by atoms with Crippen molar-refractivity contribution in [2.45, 2.75) is 64.3 Å². The van der Waals surface area contributed by atoms with Gasteiger partial charge in [-0.15, -0.1) is 10.2 Å². The van der Waals surface area contributed by atoms with E-state index in [0.29, 0.717) is 12.3 Å². The lowest BCUT2D eigenvalue weighted by molar-refractivity contribution is -0.120. The first-order valence-electron chi connectivity index (χ1n) is 6.99. The Morgan fingerprint density at radius 3 is 2.65 bits per heavy atom. The molecule has 6 nitrogen and oxygen atoms in total. The largest absolute Gasteiger partial charge is 0.351 e. The van der Waals surface area contributed by atoms with E-state index in [4.69, 9.17) is 5.73 Å². The van der Waals surface area contributed by atoms with Crippen LogP contribution in [0.15, 0.2) is 5.16 Å². The molecule has 0 saturated heterocycles. The topological polar surface area (TPSA) is 85.8 Å². The number of hydrogen-bond acceptors (Lipinski definition) is 5. The minimum absolute atomic E-state index is 0.0159. The Bertz CT molecular complexity index is 444. The van der Waals surface area contributed by atoms with Crippen LogP contribution in [-0.2, 0) is 17.9 Å². The van der Waals surface area contributed by atoms with Crippen LogP contribution in [0, 0.1) is 0 Å². The summed E-state index contributed by atoms with van der Waals surface area (Å²) in [7, 11) is 0. The summed E-state index contributed by atoms with van der Waals surface area (Å²) in [5.74, 6) is 1.13. The molecule has 0 aliphatic heterocycles. The summed E-state index contributed by atoms with van der Waals surface area (Å²) < 4.78 is 1.99. The van der Waals surface area contributed by atoms with Gasteiger partial charge < -0.3 is 15.6 Å². The van der Waals surface area contributed by atoms with Gasteiger partial charge in [-0.05, 0) is 26.7 Å². The fourth-order valence-corrected chi connectivity index (χ4v) is 2.44. The molecule has 0 radical (unpaired) electrons. The third-order valence-electron chi connectivity index (χ3n) is 3.12. The van der Waals surface area contributed by atoms with Gasteiger partial charge in [0.15, 0.2) is 5.16 Å². The van der Waals surface area contributed by atoms with Crippen LogP contribution in [0.3, 0.4) is 0 Å². The van der Waals surface area contributed by atoms with Crippen LogP contribution >= 0.6 is 11.8 Å². The molecule has 1 aromatic rings. The SMILES string of the molecule is CCCn1c(CN)nnc1SCC(=O)NC(C)(C)CC. The third kappa shape index (κ3) is 4.79. The van der Waals surface area contributed by atoms with Crippen LogP contribution in [0.5, 0.6) is 0 Å². The molecule has 1 aromatic heterocycles. The van der Waals surface area contributed by atoms with Crippen LogP contribution in [0.1, 0.15) is 46.4 Å². The Hall–Kier alpha value is -1.08. The fourth-order valence-electron chi connectivity index (χ4n) is 1.66. The summed E-state index contributed by atoms with van der Waals surface area (Å²) in [6.45, 7) is 9.36. The van der Waals surface area contributed by atoms with Gasteiger partial charge in [0.2, 0.25) is 5.91 Å². The minimum atomic E-state index is -0.169. The smallest absolute Gasteiger partial charge is 0.230 e. The first-order valence-corrected chi connectivity index (χ1v) is 7.98. The van der Waals surface area contributed by atoms with Gasteiger partial charge in [0.25, 0.3) is 0 Å². The first-order chi connectivity index (χ1) is 9.43. The predicted molar refractivity (Wildman–Crippen MR) is 81.4 cm³/mol. The second-order valence-electron chi connectivity index (χ2n) is 5.33. The number of hydrogen-bond donors (Lipinski definition) is 2. The first kappa shape index (κ1) is 17.0. The highest BCUT2D eigenvalue weighted by molar-refractivity contribution is 7.99. The maximum Gasteiger partial charge on any atom is 0.230 e. The molecule has 0 fully saturated rings. The highest BCUT2D eigenvalue weighted by Gasteiger charge is 2.19. The van der Waals surface area contributed by atoms with Crippen molar-refractivity contribution in [1.29, 1.82) is 0 Å². The van der Waals surface area contributed by atoms with Crippen molar-refractivity contribution in [1.82, 2.24) is 20.1 Å².